The van der Waals surface area contributed by atoms with Crippen molar-refractivity contribution in [2.75, 3.05) is 6.54 Å². The normalized spacial score (nSPS) is 14.8. The van der Waals surface area contributed by atoms with Gasteiger partial charge in [-0.25, -0.2) is 9.37 Å². The van der Waals surface area contributed by atoms with E-state index in [4.69, 9.17) is 13.6 Å². The SMILES string of the molecule is CC(C)CC(=O)N1CCc2ccc(OCc3nc(C(=O)NCc4ccco4)co3)cc2[C@@H]1c1ccc(F)cc1. The van der Waals surface area contributed by atoms with Gasteiger partial charge >= 0.3 is 0 Å². The fourth-order valence-corrected chi connectivity index (χ4v) is 4.72. The average Bonchev–Trinajstić information content (AvgIpc) is 3.62. The molecule has 2 aromatic heterocycles. The lowest BCUT2D eigenvalue weighted by atomic mass is 9.87. The maximum Gasteiger partial charge on any atom is 0.273 e. The van der Waals surface area contributed by atoms with Crippen molar-refractivity contribution in [2.24, 2.45) is 5.92 Å². The second kappa shape index (κ2) is 11.6. The molecule has 0 radical (unpaired) electrons. The molecule has 1 atom stereocenters. The smallest absolute Gasteiger partial charge is 0.273 e. The van der Waals surface area contributed by atoms with Gasteiger partial charge < -0.3 is 23.8 Å². The Bertz CT molecular complexity index is 1430. The molecule has 5 rings (SSSR count). The van der Waals surface area contributed by atoms with Gasteiger partial charge in [0.05, 0.1) is 18.8 Å². The zero-order chi connectivity index (χ0) is 27.4. The van der Waals surface area contributed by atoms with E-state index in [-0.39, 0.29) is 54.3 Å². The summed E-state index contributed by atoms with van der Waals surface area (Å²) in [5.74, 6) is 1.02. The predicted molar refractivity (Wildman–Crippen MR) is 140 cm³/mol. The van der Waals surface area contributed by atoms with E-state index in [2.05, 4.69) is 10.3 Å². The van der Waals surface area contributed by atoms with Crippen molar-refractivity contribution < 1.29 is 27.6 Å². The van der Waals surface area contributed by atoms with Gasteiger partial charge in [-0.15, -0.1) is 0 Å². The summed E-state index contributed by atoms with van der Waals surface area (Å²) in [6, 6.07) is 15.2. The number of hydrogen-bond donors (Lipinski definition) is 1. The molecule has 0 fully saturated rings. The first-order valence-electron chi connectivity index (χ1n) is 12.9. The molecule has 0 saturated carbocycles. The van der Waals surface area contributed by atoms with Gasteiger partial charge in [0.15, 0.2) is 12.3 Å². The van der Waals surface area contributed by atoms with Crippen LogP contribution in [-0.2, 0) is 24.4 Å². The number of benzene rings is 2. The monoisotopic (exact) mass is 531 g/mol. The minimum absolute atomic E-state index is 0.0153. The summed E-state index contributed by atoms with van der Waals surface area (Å²) in [5.41, 5.74) is 3.02. The fourth-order valence-electron chi connectivity index (χ4n) is 4.72. The standard InChI is InChI=1S/C30H30FN3O5/c1-19(2)14-28(35)34-12-11-20-7-10-23(15-25(20)29(34)21-5-8-22(31)9-6-21)38-18-27-33-26(17-39-27)30(36)32-16-24-4-3-13-37-24/h3-10,13,15,17,19,29H,11-12,14,16,18H2,1-2H3,(H,32,36)/t29-/m0/s1. The van der Waals surface area contributed by atoms with Crippen LogP contribution in [0.25, 0.3) is 0 Å². The summed E-state index contributed by atoms with van der Waals surface area (Å²) in [6.07, 6.45) is 3.97. The summed E-state index contributed by atoms with van der Waals surface area (Å²) >= 11 is 0. The molecule has 3 heterocycles. The van der Waals surface area contributed by atoms with Gasteiger partial charge in [-0.2, -0.15) is 0 Å². The summed E-state index contributed by atoms with van der Waals surface area (Å²) in [7, 11) is 0. The maximum absolute atomic E-state index is 13.7. The quantitative estimate of drug-likeness (QED) is 0.309. The Morgan fingerprint density at radius 3 is 2.72 bits per heavy atom. The Kier molecular flexibility index (Phi) is 7.76. The minimum atomic E-state index is -0.386. The Balaban J connectivity index is 1.32. The van der Waals surface area contributed by atoms with Crippen LogP contribution in [-0.4, -0.2) is 28.2 Å². The van der Waals surface area contributed by atoms with Crippen molar-refractivity contribution in [2.45, 2.75) is 45.9 Å². The minimum Gasteiger partial charge on any atom is -0.484 e. The largest absolute Gasteiger partial charge is 0.484 e. The Morgan fingerprint density at radius 2 is 1.97 bits per heavy atom. The summed E-state index contributed by atoms with van der Waals surface area (Å²) < 4.78 is 30.3. The molecule has 2 aromatic carbocycles. The zero-order valence-corrected chi connectivity index (χ0v) is 21.9. The molecular weight excluding hydrogens is 501 g/mol. The number of amides is 2. The third-order valence-electron chi connectivity index (χ3n) is 6.58. The van der Waals surface area contributed by atoms with Crippen LogP contribution in [0.2, 0.25) is 0 Å². The molecule has 0 aliphatic carbocycles. The number of oxazole rings is 1. The van der Waals surface area contributed by atoms with Crippen molar-refractivity contribution in [3.63, 3.8) is 0 Å². The summed E-state index contributed by atoms with van der Waals surface area (Å²) in [5, 5.41) is 2.72. The van der Waals surface area contributed by atoms with Gasteiger partial charge in [0, 0.05) is 13.0 Å². The number of furan rings is 1. The lowest BCUT2D eigenvalue weighted by Gasteiger charge is -2.38. The molecule has 4 aromatic rings. The zero-order valence-electron chi connectivity index (χ0n) is 21.9. The lowest BCUT2D eigenvalue weighted by molar-refractivity contribution is -0.134. The van der Waals surface area contributed by atoms with E-state index in [0.717, 1.165) is 16.7 Å². The van der Waals surface area contributed by atoms with E-state index in [1.54, 1.807) is 24.3 Å². The predicted octanol–water partition coefficient (Wildman–Crippen LogP) is 5.44. The van der Waals surface area contributed by atoms with E-state index >= 15 is 0 Å². The third kappa shape index (κ3) is 6.19. The second-order valence-electron chi connectivity index (χ2n) is 9.93. The first kappa shape index (κ1) is 26.2. The number of halogens is 1. The first-order chi connectivity index (χ1) is 18.9. The Morgan fingerprint density at radius 1 is 1.15 bits per heavy atom. The molecule has 1 aliphatic heterocycles. The van der Waals surface area contributed by atoms with Crippen molar-refractivity contribution in [3.05, 3.63) is 107 Å². The molecule has 2 amide bonds. The van der Waals surface area contributed by atoms with Gasteiger partial charge in [-0.05, 0) is 65.4 Å². The van der Waals surface area contributed by atoms with Crippen LogP contribution >= 0.6 is 0 Å². The number of carbonyl (C=O) groups is 2. The van der Waals surface area contributed by atoms with Crippen LogP contribution in [0.3, 0.4) is 0 Å². The van der Waals surface area contributed by atoms with Gasteiger partial charge in [0.2, 0.25) is 11.8 Å². The van der Waals surface area contributed by atoms with Crippen LogP contribution in [0, 0.1) is 11.7 Å². The van der Waals surface area contributed by atoms with Crippen molar-refractivity contribution in [1.29, 1.82) is 0 Å². The highest BCUT2D eigenvalue weighted by Crippen LogP contribution is 2.38. The van der Waals surface area contributed by atoms with E-state index in [9.17, 15) is 14.0 Å². The number of aromatic nitrogens is 1. The fraction of sp³-hybridized carbons (Fsp3) is 0.300. The summed E-state index contributed by atoms with van der Waals surface area (Å²) in [6.45, 7) is 4.88. The molecule has 39 heavy (non-hydrogen) atoms. The number of hydrogen-bond acceptors (Lipinski definition) is 6. The molecule has 0 bridgehead atoms. The number of ether oxygens (including phenoxy) is 1. The van der Waals surface area contributed by atoms with E-state index < -0.39 is 0 Å². The number of nitrogens with zero attached hydrogens (tertiary/aromatic N) is 2. The van der Waals surface area contributed by atoms with Crippen molar-refractivity contribution in [1.82, 2.24) is 15.2 Å². The Labute approximate surface area is 225 Å². The lowest BCUT2D eigenvalue weighted by Crippen LogP contribution is -2.41. The number of rotatable bonds is 9. The van der Waals surface area contributed by atoms with Gasteiger partial charge in [-0.1, -0.05) is 32.0 Å². The maximum atomic E-state index is 13.7. The third-order valence-corrected chi connectivity index (χ3v) is 6.58. The molecule has 1 aliphatic rings. The highest BCUT2D eigenvalue weighted by Gasteiger charge is 2.32. The van der Waals surface area contributed by atoms with E-state index in [1.165, 1.54) is 24.7 Å². The van der Waals surface area contributed by atoms with E-state index in [1.807, 2.05) is 36.9 Å². The number of fused-ring (bicyclic) bond motifs is 1. The topological polar surface area (TPSA) is 97.8 Å². The van der Waals surface area contributed by atoms with Gasteiger partial charge in [0.25, 0.3) is 5.91 Å². The highest BCUT2D eigenvalue weighted by molar-refractivity contribution is 5.91. The molecule has 0 unspecified atom stereocenters. The number of carbonyl (C=O) groups excluding carboxylic acids is 2. The van der Waals surface area contributed by atoms with Gasteiger partial charge in [0.1, 0.15) is 23.6 Å². The second-order valence-corrected chi connectivity index (χ2v) is 9.93. The molecule has 0 saturated heterocycles. The molecule has 1 N–H and O–H groups in total. The molecule has 8 nitrogen and oxygen atoms in total. The number of nitrogens with one attached hydrogen (secondary N) is 1. The first-order valence-corrected chi connectivity index (χ1v) is 12.9. The molecule has 0 spiro atoms. The van der Waals surface area contributed by atoms with Crippen LogP contribution < -0.4 is 10.1 Å². The van der Waals surface area contributed by atoms with Crippen LogP contribution in [0.1, 0.15) is 65.1 Å². The van der Waals surface area contributed by atoms with Crippen LogP contribution in [0.5, 0.6) is 5.75 Å². The van der Waals surface area contributed by atoms with E-state index in [0.29, 0.717) is 30.9 Å². The Hall–Kier alpha value is -4.40. The average molecular weight is 532 g/mol. The van der Waals surface area contributed by atoms with Crippen LogP contribution in [0.4, 0.5) is 4.39 Å². The summed E-state index contributed by atoms with van der Waals surface area (Å²) in [4.78, 5) is 31.7. The highest BCUT2D eigenvalue weighted by atomic mass is 19.1. The van der Waals surface area contributed by atoms with Crippen LogP contribution in [0.15, 0.2) is 76.0 Å². The van der Waals surface area contributed by atoms with Crippen molar-refractivity contribution >= 4 is 11.8 Å². The van der Waals surface area contributed by atoms with Crippen molar-refractivity contribution in [3.8, 4) is 5.75 Å². The molecular formula is C30H30FN3O5. The van der Waals surface area contributed by atoms with Gasteiger partial charge in [-0.3, -0.25) is 9.59 Å². The molecule has 9 heteroatoms. The molecule has 202 valence electrons.